The highest BCUT2D eigenvalue weighted by atomic mass is 16.5. The summed E-state index contributed by atoms with van der Waals surface area (Å²) in [4.78, 5) is 3.25. The van der Waals surface area contributed by atoms with E-state index in [1.54, 1.807) is 11.8 Å². The third-order valence-corrected chi connectivity index (χ3v) is 2.90. The van der Waals surface area contributed by atoms with E-state index in [0.29, 0.717) is 0 Å². The van der Waals surface area contributed by atoms with Crippen LogP contribution in [0.2, 0.25) is 0 Å². The smallest absolute Gasteiger partial charge is 0.119 e. The molecule has 0 bridgehead atoms. The minimum Gasteiger partial charge on any atom is -0.497 e. The second-order valence-corrected chi connectivity index (χ2v) is 4.02. The first-order valence-corrected chi connectivity index (χ1v) is 5.42. The number of methoxy groups -OCH3 is 1. The van der Waals surface area contributed by atoms with Crippen molar-refractivity contribution in [2.24, 2.45) is 7.05 Å². The molecule has 3 rings (SSSR count). The van der Waals surface area contributed by atoms with Gasteiger partial charge in [0.05, 0.1) is 13.3 Å². The number of H-pyrrole nitrogens is 1. The number of ether oxygens (including phenoxy) is 1. The van der Waals surface area contributed by atoms with Gasteiger partial charge in [-0.05, 0) is 18.2 Å². The van der Waals surface area contributed by atoms with Crippen molar-refractivity contribution >= 4 is 10.9 Å². The summed E-state index contributed by atoms with van der Waals surface area (Å²) in [5, 5.41) is 5.34. The SMILES string of the molecule is COc1ccc2[nH]cc(-c3cnn(C)c3)c2c1. The second kappa shape index (κ2) is 3.66. The Hall–Kier alpha value is -2.23. The molecule has 1 aromatic carbocycles. The molecule has 0 saturated carbocycles. The van der Waals surface area contributed by atoms with Crippen molar-refractivity contribution in [2.75, 3.05) is 7.11 Å². The summed E-state index contributed by atoms with van der Waals surface area (Å²) >= 11 is 0. The van der Waals surface area contributed by atoms with Gasteiger partial charge in [0.2, 0.25) is 0 Å². The standard InChI is InChI=1S/C13H13N3O/c1-16-8-9(6-15-16)12-7-14-13-4-3-10(17-2)5-11(12)13/h3-8,14H,1-2H3. The van der Waals surface area contributed by atoms with Gasteiger partial charge < -0.3 is 9.72 Å². The fraction of sp³-hybridized carbons (Fsp3) is 0.154. The molecule has 86 valence electrons. The van der Waals surface area contributed by atoms with Crippen molar-refractivity contribution in [3.63, 3.8) is 0 Å². The number of aromatic amines is 1. The number of aromatic nitrogens is 3. The fourth-order valence-electron chi connectivity index (χ4n) is 2.03. The van der Waals surface area contributed by atoms with Crippen molar-refractivity contribution in [1.29, 1.82) is 0 Å². The highest BCUT2D eigenvalue weighted by molar-refractivity contribution is 5.96. The van der Waals surface area contributed by atoms with E-state index in [1.165, 1.54) is 0 Å². The molecule has 0 aliphatic heterocycles. The van der Waals surface area contributed by atoms with Gasteiger partial charge >= 0.3 is 0 Å². The van der Waals surface area contributed by atoms with Crippen LogP contribution in [-0.4, -0.2) is 21.9 Å². The molecule has 0 aliphatic carbocycles. The number of nitrogens with one attached hydrogen (secondary N) is 1. The van der Waals surface area contributed by atoms with Crippen LogP contribution in [0.25, 0.3) is 22.0 Å². The van der Waals surface area contributed by atoms with Gasteiger partial charge in [-0.2, -0.15) is 5.10 Å². The quantitative estimate of drug-likeness (QED) is 0.731. The molecule has 0 spiro atoms. The topological polar surface area (TPSA) is 42.8 Å². The van der Waals surface area contributed by atoms with Crippen molar-refractivity contribution in [2.45, 2.75) is 0 Å². The molecular weight excluding hydrogens is 214 g/mol. The minimum absolute atomic E-state index is 0.863. The van der Waals surface area contributed by atoms with E-state index in [9.17, 15) is 0 Å². The van der Waals surface area contributed by atoms with Crippen LogP contribution >= 0.6 is 0 Å². The molecule has 0 radical (unpaired) electrons. The van der Waals surface area contributed by atoms with Crippen LogP contribution in [0, 0.1) is 0 Å². The zero-order valence-electron chi connectivity index (χ0n) is 9.77. The van der Waals surface area contributed by atoms with E-state index in [0.717, 1.165) is 27.8 Å². The summed E-state index contributed by atoms with van der Waals surface area (Å²) < 4.78 is 7.05. The van der Waals surface area contributed by atoms with Crippen molar-refractivity contribution < 1.29 is 4.74 Å². The molecule has 4 nitrogen and oxygen atoms in total. The molecule has 4 heteroatoms. The molecule has 0 amide bonds. The van der Waals surface area contributed by atoms with E-state index < -0.39 is 0 Å². The molecule has 3 aromatic rings. The van der Waals surface area contributed by atoms with Gasteiger partial charge in [0.25, 0.3) is 0 Å². The second-order valence-electron chi connectivity index (χ2n) is 4.02. The van der Waals surface area contributed by atoms with Gasteiger partial charge in [0.15, 0.2) is 0 Å². The first kappa shape index (κ1) is 9.96. The molecule has 2 heterocycles. The van der Waals surface area contributed by atoms with E-state index in [-0.39, 0.29) is 0 Å². The lowest BCUT2D eigenvalue weighted by Crippen LogP contribution is -1.84. The predicted octanol–water partition coefficient (Wildman–Crippen LogP) is 2.58. The van der Waals surface area contributed by atoms with Gasteiger partial charge in [-0.1, -0.05) is 0 Å². The average Bonchev–Trinajstić information content (AvgIpc) is 2.93. The molecule has 17 heavy (non-hydrogen) atoms. The Labute approximate surface area is 98.8 Å². The maximum absolute atomic E-state index is 5.25. The molecule has 0 fully saturated rings. The van der Waals surface area contributed by atoms with Crippen LogP contribution in [0.4, 0.5) is 0 Å². The van der Waals surface area contributed by atoms with E-state index in [4.69, 9.17) is 4.74 Å². The number of rotatable bonds is 2. The summed E-state index contributed by atoms with van der Waals surface area (Å²) in [7, 11) is 3.59. The van der Waals surface area contributed by atoms with Crippen LogP contribution < -0.4 is 4.74 Å². The lowest BCUT2D eigenvalue weighted by Gasteiger charge is -2.00. The molecule has 1 N–H and O–H groups in total. The molecule has 2 aromatic heterocycles. The zero-order chi connectivity index (χ0) is 11.8. The van der Waals surface area contributed by atoms with Gasteiger partial charge in [-0.3, -0.25) is 4.68 Å². The lowest BCUT2D eigenvalue weighted by molar-refractivity contribution is 0.415. The maximum atomic E-state index is 5.25. The van der Waals surface area contributed by atoms with Crippen LogP contribution in [0.5, 0.6) is 5.75 Å². The number of fused-ring (bicyclic) bond motifs is 1. The number of aryl methyl sites for hydroxylation is 1. The van der Waals surface area contributed by atoms with E-state index >= 15 is 0 Å². The Morgan fingerprint density at radius 1 is 1.35 bits per heavy atom. The van der Waals surface area contributed by atoms with Crippen LogP contribution in [0.1, 0.15) is 0 Å². The molecule has 0 atom stereocenters. The lowest BCUT2D eigenvalue weighted by atomic mass is 10.1. The number of hydrogen-bond donors (Lipinski definition) is 1. The summed E-state index contributed by atoms with van der Waals surface area (Å²) in [6.07, 6.45) is 5.87. The normalized spacial score (nSPS) is 10.9. The number of nitrogens with zero attached hydrogens (tertiary/aromatic N) is 2. The van der Waals surface area contributed by atoms with Gasteiger partial charge in [0.1, 0.15) is 5.75 Å². The van der Waals surface area contributed by atoms with Crippen molar-refractivity contribution in [3.05, 3.63) is 36.8 Å². The maximum Gasteiger partial charge on any atom is 0.119 e. The third kappa shape index (κ3) is 1.58. The Bertz CT molecular complexity index is 666. The molecule has 0 unspecified atom stereocenters. The summed E-state index contributed by atoms with van der Waals surface area (Å²) in [6, 6.07) is 6.01. The Morgan fingerprint density at radius 2 is 2.24 bits per heavy atom. The van der Waals surface area contributed by atoms with Crippen LogP contribution in [-0.2, 0) is 7.05 Å². The van der Waals surface area contributed by atoms with Gasteiger partial charge in [0, 0.05) is 41.5 Å². The summed E-state index contributed by atoms with van der Waals surface area (Å²) in [6.45, 7) is 0. The molecule has 0 aliphatic rings. The Balaban J connectivity index is 2.22. The number of benzene rings is 1. The zero-order valence-corrected chi connectivity index (χ0v) is 9.77. The Kier molecular flexibility index (Phi) is 2.14. The fourth-order valence-corrected chi connectivity index (χ4v) is 2.03. The largest absolute Gasteiger partial charge is 0.497 e. The predicted molar refractivity (Wildman–Crippen MR) is 67.1 cm³/mol. The van der Waals surface area contributed by atoms with E-state index in [2.05, 4.69) is 10.1 Å². The van der Waals surface area contributed by atoms with Crippen molar-refractivity contribution in [3.8, 4) is 16.9 Å². The third-order valence-electron chi connectivity index (χ3n) is 2.90. The van der Waals surface area contributed by atoms with Gasteiger partial charge in [-0.15, -0.1) is 0 Å². The first-order chi connectivity index (χ1) is 8.28. The highest BCUT2D eigenvalue weighted by Crippen LogP contribution is 2.30. The van der Waals surface area contributed by atoms with Gasteiger partial charge in [-0.25, -0.2) is 0 Å². The summed E-state index contributed by atoms with van der Waals surface area (Å²) in [5.41, 5.74) is 3.35. The monoisotopic (exact) mass is 227 g/mol. The summed E-state index contributed by atoms with van der Waals surface area (Å²) in [5.74, 6) is 0.863. The molecular formula is C13H13N3O. The van der Waals surface area contributed by atoms with Crippen LogP contribution in [0.15, 0.2) is 36.8 Å². The number of hydrogen-bond acceptors (Lipinski definition) is 2. The minimum atomic E-state index is 0.863. The highest BCUT2D eigenvalue weighted by Gasteiger charge is 2.08. The van der Waals surface area contributed by atoms with Crippen LogP contribution in [0.3, 0.4) is 0 Å². The molecule has 0 saturated heterocycles. The van der Waals surface area contributed by atoms with Crippen molar-refractivity contribution in [1.82, 2.24) is 14.8 Å². The average molecular weight is 227 g/mol. The Morgan fingerprint density at radius 3 is 2.94 bits per heavy atom. The first-order valence-electron chi connectivity index (χ1n) is 5.42. The van der Waals surface area contributed by atoms with E-state index in [1.807, 2.05) is 43.8 Å².